The Morgan fingerprint density at radius 2 is 1.74 bits per heavy atom. The van der Waals surface area contributed by atoms with Crippen LogP contribution in [0, 0.1) is 19.7 Å². The number of nitrogens with one attached hydrogen (secondary N) is 4. The maximum atomic E-state index is 15.5. The van der Waals surface area contributed by atoms with E-state index in [0.29, 0.717) is 35.5 Å². The number of carbonyl (C=O) groups excluding carboxylic acids is 2. The first-order valence-corrected chi connectivity index (χ1v) is 13.8. The molecule has 0 saturated carbocycles. The number of hydrogen-bond donors (Lipinski definition) is 4. The lowest BCUT2D eigenvalue weighted by Gasteiger charge is -2.18. The minimum absolute atomic E-state index is 0.0944. The van der Waals surface area contributed by atoms with Gasteiger partial charge in [0.25, 0.3) is 11.5 Å². The summed E-state index contributed by atoms with van der Waals surface area (Å²) >= 11 is 0. The standard InChI is InChI=1S/C32H32FN5O5/c1-17-20(19-13-25(33)23(28(14-19)43-4)15-35-27-11-12-34-30(27)40)7-5-8-21(17)22-9-6-10-26(18(22)2)37-29(39)24-16-36-32(42)38(3)31(24)41/h5-10,13-14,16,27,35H,11-12,15H2,1-4H3,(H,34,40)(H,36,42)(H,37,39)/t27-/m0/s1. The number of aromatic nitrogens is 2. The predicted molar refractivity (Wildman–Crippen MR) is 162 cm³/mol. The molecule has 0 spiro atoms. The highest BCUT2D eigenvalue weighted by molar-refractivity contribution is 6.04. The van der Waals surface area contributed by atoms with E-state index >= 15 is 4.39 Å². The fourth-order valence-electron chi connectivity index (χ4n) is 5.36. The van der Waals surface area contributed by atoms with Gasteiger partial charge in [-0.1, -0.05) is 30.3 Å². The topological polar surface area (TPSA) is 134 Å². The molecule has 3 aromatic carbocycles. The quantitative estimate of drug-likeness (QED) is 0.251. The van der Waals surface area contributed by atoms with Crippen molar-refractivity contribution in [3.63, 3.8) is 0 Å². The Labute approximate surface area is 246 Å². The van der Waals surface area contributed by atoms with Crippen LogP contribution in [-0.4, -0.2) is 41.1 Å². The maximum Gasteiger partial charge on any atom is 0.328 e. The molecule has 222 valence electrons. The number of halogens is 1. The number of amides is 2. The number of H-pyrrole nitrogens is 1. The highest BCUT2D eigenvalue weighted by Gasteiger charge is 2.25. The van der Waals surface area contributed by atoms with Gasteiger partial charge in [-0.25, -0.2) is 9.18 Å². The predicted octanol–water partition coefficient (Wildman–Crippen LogP) is 3.40. The third-order valence-corrected chi connectivity index (χ3v) is 7.89. The third kappa shape index (κ3) is 5.71. The van der Waals surface area contributed by atoms with Gasteiger partial charge in [0.1, 0.15) is 17.1 Å². The largest absolute Gasteiger partial charge is 0.496 e. The summed E-state index contributed by atoms with van der Waals surface area (Å²) < 4.78 is 21.8. The number of methoxy groups -OCH3 is 1. The van der Waals surface area contributed by atoms with Crippen molar-refractivity contribution in [2.75, 3.05) is 19.0 Å². The molecule has 1 aliphatic rings. The first-order chi connectivity index (χ1) is 20.6. The minimum Gasteiger partial charge on any atom is -0.496 e. The van der Waals surface area contributed by atoms with Crippen molar-refractivity contribution in [1.82, 2.24) is 20.2 Å². The van der Waals surface area contributed by atoms with Crippen LogP contribution < -0.4 is 31.9 Å². The van der Waals surface area contributed by atoms with Gasteiger partial charge >= 0.3 is 5.69 Å². The first-order valence-electron chi connectivity index (χ1n) is 13.8. The summed E-state index contributed by atoms with van der Waals surface area (Å²) in [5.41, 5.74) is 4.14. The van der Waals surface area contributed by atoms with Crippen molar-refractivity contribution in [2.24, 2.45) is 7.05 Å². The van der Waals surface area contributed by atoms with Crippen LogP contribution in [0.25, 0.3) is 22.3 Å². The van der Waals surface area contributed by atoms with Gasteiger partial charge in [-0.3, -0.25) is 19.0 Å². The van der Waals surface area contributed by atoms with E-state index in [2.05, 4.69) is 20.9 Å². The monoisotopic (exact) mass is 585 g/mol. The number of aromatic amines is 1. The molecule has 43 heavy (non-hydrogen) atoms. The fourth-order valence-corrected chi connectivity index (χ4v) is 5.36. The second-order valence-electron chi connectivity index (χ2n) is 10.4. The van der Waals surface area contributed by atoms with Gasteiger partial charge in [0.05, 0.1) is 13.2 Å². The van der Waals surface area contributed by atoms with Gasteiger partial charge in [-0.2, -0.15) is 0 Å². The van der Waals surface area contributed by atoms with Crippen LogP contribution in [-0.2, 0) is 18.4 Å². The molecule has 10 nitrogen and oxygen atoms in total. The number of rotatable bonds is 8. The van der Waals surface area contributed by atoms with E-state index in [0.717, 1.165) is 38.6 Å². The maximum absolute atomic E-state index is 15.5. The Hall–Kier alpha value is -5.03. The summed E-state index contributed by atoms with van der Waals surface area (Å²) in [7, 11) is 2.78. The Balaban J connectivity index is 1.46. The molecule has 1 saturated heterocycles. The van der Waals surface area contributed by atoms with E-state index < -0.39 is 23.0 Å². The van der Waals surface area contributed by atoms with Gasteiger partial charge in [-0.15, -0.1) is 0 Å². The zero-order valence-electron chi connectivity index (χ0n) is 24.3. The summed E-state index contributed by atoms with van der Waals surface area (Å²) in [5, 5.41) is 8.66. The third-order valence-electron chi connectivity index (χ3n) is 7.89. The van der Waals surface area contributed by atoms with E-state index in [1.807, 2.05) is 38.1 Å². The van der Waals surface area contributed by atoms with Gasteiger partial charge in [-0.05, 0) is 71.8 Å². The molecule has 1 fully saturated rings. The van der Waals surface area contributed by atoms with Crippen molar-refractivity contribution in [3.8, 4) is 28.0 Å². The Morgan fingerprint density at radius 1 is 1.05 bits per heavy atom. The first kappa shape index (κ1) is 29.5. The highest BCUT2D eigenvalue weighted by atomic mass is 19.1. The van der Waals surface area contributed by atoms with Crippen LogP contribution in [0.1, 0.15) is 33.5 Å². The average molecular weight is 586 g/mol. The van der Waals surface area contributed by atoms with E-state index in [1.54, 1.807) is 18.2 Å². The minimum atomic E-state index is -0.702. The number of ether oxygens (including phenoxy) is 1. The second kappa shape index (κ2) is 12.1. The van der Waals surface area contributed by atoms with Crippen molar-refractivity contribution in [1.29, 1.82) is 0 Å². The molecule has 0 unspecified atom stereocenters. The van der Waals surface area contributed by atoms with Gasteiger partial charge < -0.3 is 25.7 Å². The van der Waals surface area contributed by atoms with Crippen LogP contribution in [0.3, 0.4) is 0 Å². The molecule has 1 aliphatic heterocycles. The summed E-state index contributed by atoms with van der Waals surface area (Å²) in [5.74, 6) is -0.810. The number of benzene rings is 3. The Morgan fingerprint density at radius 3 is 2.44 bits per heavy atom. The lowest BCUT2D eigenvalue weighted by molar-refractivity contribution is -0.120. The normalized spacial score (nSPS) is 14.4. The summed E-state index contributed by atoms with van der Waals surface area (Å²) in [6.07, 6.45) is 1.75. The van der Waals surface area contributed by atoms with Crippen LogP contribution in [0.15, 0.2) is 64.3 Å². The molecule has 0 radical (unpaired) electrons. The van der Waals surface area contributed by atoms with Crippen LogP contribution in [0.4, 0.5) is 10.1 Å². The van der Waals surface area contributed by atoms with E-state index in [1.165, 1.54) is 20.2 Å². The molecule has 1 aromatic heterocycles. The number of nitrogens with zero attached hydrogens (tertiary/aromatic N) is 1. The summed E-state index contributed by atoms with van der Waals surface area (Å²) in [6.45, 7) is 4.54. The lowest BCUT2D eigenvalue weighted by Crippen LogP contribution is -2.37. The molecule has 5 rings (SSSR count). The molecular weight excluding hydrogens is 553 g/mol. The SMILES string of the molecule is COc1cc(-c2cccc(-c3cccc(NC(=O)c4c[nH]c(=O)n(C)c4=O)c3C)c2C)cc(F)c1CN[C@H]1CCNC1=O. The number of anilines is 1. The van der Waals surface area contributed by atoms with E-state index in [-0.39, 0.29) is 24.1 Å². The molecule has 0 bridgehead atoms. The zero-order chi connectivity index (χ0) is 30.8. The number of carbonyl (C=O) groups is 2. The lowest BCUT2D eigenvalue weighted by atomic mass is 9.90. The van der Waals surface area contributed by atoms with Gasteiger partial charge in [0.2, 0.25) is 5.91 Å². The van der Waals surface area contributed by atoms with Crippen molar-refractivity contribution >= 4 is 17.5 Å². The van der Waals surface area contributed by atoms with Gasteiger partial charge in [0.15, 0.2) is 0 Å². The van der Waals surface area contributed by atoms with Crippen LogP contribution in [0.2, 0.25) is 0 Å². The fraction of sp³-hybridized carbons (Fsp3) is 0.250. The van der Waals surface area contributed by atoms with E-state index in [4.69, 9.17) is 4.74 Å². The van der Waals surface area contributed by atoms with Crippen LogP contribution in [0.5, 0.6) is 5.75 Å². The smallest absolute Gasteiger partial charge is 0.328 e. The zero-order valence-corrected chi connectivity index (χ0v) is 24.3. The summed E-state index contributed by atoms with van der Waals surface area (Å²) in [6, 6.07) is 14.1. The van der Waals surface area contributed by atoms with Crippen molar-refractivity contribution in [3.05, 3.63) is 104 Å². The molecule has 4 N–H and O–H groups in total. The molecule has 11 heteroatoms. The molecule has 1 atom stereocenters. The van der Waals surface area contributed by atoms with E-state index in [9.17, 15) is 19.2 Å². The average Bonchev–Trinajstić information content (AvgIpc) is 3.40. The molecule has 0 aliphatic carbocycles. The highest BCUT2D eigenvalue weighted by Crippen LogP contribution is 2.37. The Kier molecular flexibility index (Phi) is 8.27. The Bertz CT molecular complexity index is 1860. The second-order valence-corrected chi connectivity index (χ2v) is 10.4. The summed E-state index contributed by atoms with van der Waals surface area (Å²) in [4.78, 5) is 51.4. The van der Waals surface area contributed by atoms with Crippen molar-refractivity contribution < 1.29 is 18.7 Å². The molecule has 2 amide bonds. The van der Waals surface area contributed by atoms with Crippen molar-refractivity contribution in [2.45, 2.75) is 32.9 Å². The molecular formula is C32H32FN5O5. The van der Waals surface area contributed by atoms with Gasteiger partial charge in [0, 0.05) is 37.6 Å². The molecule has 4 aromatic rings. The molecule has 2 heterocycles. The van der Waals surface area contributed by atoms with Crippen LogP contribution >= 0.6 is 0 Å². The number of hydrogen-bond acceptors (Lipinski definition) is 6.